The molecular formula is C15H23ClN2O. The molecule has 1 fully saturated rings. The van der Waals surface area contributed by atoms with E-state index in [9.17, 15) is 0 Å². The molecule has 0 bridgehead atoms. The zero-order chi connectivity index (χ0) is 13.8. The summed E-state index contributed by atoms with van der Waals surface area (Å²) in [7, 11) is 1.68. The van der Waals surface area contributed by atoms with Crippen molar-refractivity contribution in [2.45, 2.75) is 26.3 Å². The van der Waals surface area contributed by atoms with Gasteiger partial charge in [0.05, 0.1) is 12.1 Å². The van der Waals surface area contributed by atoms with Crippen LogP contribution in [-0.2, 0) is 6.54 Å². The van der Waals surface area contributed by atoms with Gasteiger partial charge in [-0.05, 0) is 23.1 Å². The summed E-state index contributed by atoms with van der Waals surface area (Å²) in [6.45, 7) is 9.54. The van der Waals surface area contributed by atoms with E-state index >= 15 is 0 Å². The highest BCUT2D eigenvalue weighted by Gasteiger charge is 2.16. The van der Waals surface area contributed by atoms with Crippen molar-refractivity contribution < 1.29 is 4.74 Å². The number of nitrogens with one attached hydrogen (secondary N) is 1. The van der Waals surface area contributed by atoms with Gasteiger partial charge in [0.15, 0.2) is 0 Å². The molecule has 0 spiro atoms. The van der Waals surface area contributed by atoms with Gasteiger partial charge in [-0.1, -0.05) is 31.5 Å². The van der Waals surface area contributed by atoms with Gasteiger partial charge < -0.3 is 10.1 Å². The third-order valence-corrected chi connectivity index (χ3v) is 4.06. The summed E-state index contributed by atoms with van der Waals surface area (Å²) in [4.78, 5) is 2.43. The summed E-state index contributed by atoms with van der Waals surface area (Å²) in [5, 5.41) is 4.12. The molecule has 106 valence electrons. The van der Waals surface area contributed by atoms with Crippen molar-refractivity contribution in [3.05, 3.63) is 28.3 Å². The Labute approximate surface area is 120 Å². The predicted molar refractivity (Wildman–Crippen MR) is 80.2 cm³/mol. The summed E-state index contributed by atoms with van der Waals surface area (Å²) in [6.07, 6.45) is 0. The first-order chi connectivity index (χ1) is 9.11. The van der Waals surface area contributed by atoms with Gasteiger partial charge in [-0.25, -0.2) is 0 Å². The average molecular weight is 283 g/mol. The van der Waals surface area contributed by atoms with Crippen LogP contribution < -0.4 is 10.1 Å². The molecule has 0 aromatic heterocycles. The molecule has 0 atom stereocenters. The highest BCUT2D eigenvalue weighted by molar-refractivity contribution is 6.32. The van der Waals surface area contributed by atoms with E-state index < -0.39 is 0 Å². The Morgan fingerprint density at radius 1 is 1.32 bits per heavy atom. The number of nitrogens with zero attached hydrogens (tertiary/aromatic N) is 1. The van der Waals surface area contributed by atoms with Crippen molar-refractivity contribution in [2.24, 2.45) is 0 Å². The van der Waals surface area contributed by atoms with E-state index in [0.29, 0.717) is 5.92 Å². The molecule has 2 rings (SSSR count). The molecule has 1 heterocycles. The minimum absolute atomic E-state index is 0.480. The van der Waals surface area contributed by atoms with Gasteiger partial charge in [-0.2, -0.15) is 0 Å². The monoisotopic (exact) mass is 282 g/mol. The van der Waals surface area contributed by atoms with Crippen molar-refractivity contribution >= 4 is 11.6 Å². The maximum atomic E-state index is 6.44. The predicted octanol–water partition coefficient (Wildman–Crippen LogP) is 2.88. The van der Waals surface area contributed by atoms with E-state index in [1.54, 1.807) is 7.11 Å². The summed E-state index contributed by atoms with van der Waals surface area (Å²) >= 11 is 6.44. The number of benzene rings is 1. The first kappa shape index (κ1) is 14.6. The van der Waals surface area contributed by atoms with Crippen LogP contribution in [0.25, 0.3) is 0 Å². The van der Waals surface area contributed by atoms with Crippen molar-refractivity contribution in [1.29, 1.82) is 0 Å². The van der Waals surface area contributed by atoms with Crippen LogP contribution in [0.3, 0.4) is 0 Å². The Bertz CT molecular complexity index is 428. The van der Waals surface area contributed by atoms with Crippen molar-refractivity contribution in [2.75, 3.05) is 33.3 Å². The Balaban J connectivity index is 2.24. The van der Waals surface area contributed by atoms with Crippen molar-refractivity contribution in [3.63, 3.8) is 0 Å². The zero-order valence-electron chi connectivity index (χ0n) is 12.0. The fourth-order valence-electron chi connectivity index (χ4n) is 2.39. The standard InChI is InChI=1S/C15H23ClN2O/c1-11(2)12-8-13(15(16)14(9-12)19-3)10-18-6-4-17-5-7-18/h8-9,11,17H,4-7,10H2,1-3H3. The lowest BCUT2D eigenvalue weighted by molar-refractivity contribution is 0.233. The van der Waals surface area contributed by atoms with Crippen LogP contribution in [0, 0.1) is 0 Å². The third kappa shape index (κ3) is 3.62. The molecule has 0 radical (unpaired) electrons. The molecule has 0 unspecified atom stereocenters. The summed E-state index contributed by atoms with van der Waals surface area (Å²) in [6, 6.07) is 4.27. The van der Waals surface area contributed by atoms with E-state index in [2.05, 4.69) is 30.1 Å². The minimum atomic E-state index is 0.480. The second kappa shape index (κ2) is 6.60. The Kier molecular flexibility index (Phi) is 5.08. The number of methoxy groups -OCH3 is 1. The van der Waals surface area contributed by atoms with Gasteiger partial charge in [-0.3, -0.25) is 4.90 Å². The van der Waals surface area contributed by atoms with Gasteiger partial charge in [-0.15, -0.1) is 0 Å². The number of hydrogen-bond acceptors (Lipinski definition) is 3. The number of hydrogen-bond donors (Lipinski definition) is 1. The van der Waals surface area contributed by atoms with Gasteiger partial charge in [0.2, 0.25) is 0 Å². The SMILES string of the molecule is COc1cc(C(C)C)cc(CN2CCNCC2)c1Cl. The van der Waals surface area contributed by atoms with Crippen LogP contribution in [0.1, 0.15) is 30.9 Å². The van der Waals surface area contributed by atoms with E-state index in [-0.39, 0.29) is 0 Å². The second-order valence-corrected chi connectivity index (χ2v) is 5.76. The van der Waals surface area contributed by atoms with Crippen molar-refractivity contribution in [3.8, 4) is 5.75 Å². The Morgan fingerprint density at radius 3 is 2.58 bits per heavy atom. The Morgan fingerprint density at radius 2 is 2.00 bits per heavy atom. The smallest absolute Gasteiger partial charge is 0.138 e. The zero-order valence-corrected chi connectivity index (χ0v) is 12.8. The molecular weight excluding hydrogens is 260 g/mol. The fraction of sp³-hybridized carbons (Fsp3) is 0.600. The molecule has 1 aromatic carbocycles. The molecule has 0 saturated carbocycles. The Hall–Kier alpha value is -0.770. The summed E-state index contributed by atoms with van der Waals surface area (Å²) in [5.74, 6) is 1.27. The first-order valence-corrected chi connectivity index (χ1v) is 7.29. The highest BCUT2D eigenvalue weighted by Crippen LogP contribution is 2.33. The van der Waals surface area contributed by atoms with Gasteiger partial charge >= 0.3 is 0 Å². The largest absolute Gasteiger partial charge is 0.495 e. The van der Waals surface area contributed by atoms with E-state index in [1.165, 1.54) is 11.1 Å². The molecule has 1 aliphatic heterocycles. The normalized spacial score (nSPS) is 16.9. The summed E-state index contributed by atoms with van der Waals surface area (Å²) in [5.41, 5.74) is 2.46. The van der Waals surface area contributed by atoms with Crippen LogP contribution in [-0.4, -0.2) is 38.2 Å². The molecule has 1 N–H and O–H groups in total. The lowest BCUT2D eigenvalue weighted by Crippen LogP contribution is -2.42. The lowest BCUT2D eigenvalue weighted by Gasteiger charge is -2.28. The third-order valence-electron chi connectivity index (χ3n) is 3.63. The van der Waals surface area contributed by atoms with Gasteiger partial charge in [0.1, 0.15) is 5.75 Å². The topological polar surface area (TPSA) is 24.5 Å². The molecule has 19 heavy (non-hydrogen) atoms. The van der Waals surface area contributed by atoms with Crippen LogP contribution in [0.15, 0.2) is 12.1 Å². The average Bonchev–Trinajstić information content (AvgIpc) is 2.42. The lowest BCUT2D eigenvalue weighted by atomic mass is 10.00. The molecule has 3 nitrogen and oxygen atoms in total. The number of piperazine rings is 1. The fourth-order valence-corrected chi connectivity index (χ4v) is 2.63. The van der Waals surface area contributed by atoms with E-state index in [1.807, 2.05) is 6.07 Å². The second-order valence-electron chi connectivity index (χ2n) is 5.38. The van der Waals surface area contributed by atoms with Crippen LogP contribution in [0.2, 0.25) is 5.02 Å². The molecule has 0 aliphatic carbocycles. The number of rotatable bonds is 4. The van der Waals surface area contributed by atoms with Gasteiger partial charge in [0, 0.05) is 32.7 Å². The molecule has 1 aromatic rings. The molecule has 1 saturated heterocycles. The maximum absolute atomic E-state index is 6.44. The highest BCUT2D eigenvalue weighted by atomic mass is 35.5. The van der Waals surface area contributed by atoms with Crippen LogP contribution in [0.4, 0.5) is 0 Å². The first-order valence-electron chi connectivity index (χ1n) is 6.91. The maximum Gasteiger partial charge on any atom is 0.138 e. The molecule has 0 amide bonds. The van der Waals surface area contributed by atoms with Crippen molar-refractivity contribution in [1.82, 2.24) is 10.2 Å². The van der Waals surface area contributed by atoms with Crippen LogP contribution >= 0.6 is 11.6 Å². The van der Waals surface area contributed by atoms with Crippen LogP contribution in [0.5, 0.6) is 5.75 Å². The molecule has 4 heteroatoms. The molecule has 1 aliphatic rings. The summed E-state index contributed by atoms with van der Waals surface area (Å²) < 4.78 is 5.40. The number of ether oxygens (including phenoxy) is 1. The van der Waals surface area contributed by atoms with E-state index in [0.717, 1.165) is 43.5 Å². The number of halogens is 1. The quantitative estimate of drug-likeness (QED) is 0.919. The van der Waals surface area contributed by atoms with Gasteiger partial charge in [0.25, 0.3) is 0 Å². The van der Waals surface area contributed by atoms with E-state index in [4.69, 9.17) is 16.3 Å². The minimum Gasteiger partial charge on any atom is -0.495 e.